The van der Waals surface area contributed by atoms with E-state index >= 15 is 0 Å². The lowest BCUT2D eigenvalue weighted by molar-refractivity contribution is 0.0290. The molecule has 5 heteroatoms. The van der Waals surface area contributed by atoms with Crippen LogP contribution in [0.25, 0.3) is 0 Å². The Kier molecular flexibility index (Phi) is 5.52. The molecule has 24 heavy (non-hydrogen) atoms. The van der Waals surface area contributed by atoms with E-state index < -0.39 is 5.60 Å². The molecule has 1 aromatic rings. The molecule has 1 aliphatic rings. The van der Waals surface area contributed by atoms with Crippen LogP contribution in [0.5, 0.6) is 0 Å². The molecule has 2 amide bonds. The standard InChI is InChI=1S/C19H28N2O3/c1-13(2)14-6-8-15(9-7-14)17(22)20-16-10-11-21(12-16)18(23)24-19(3,4)5/h6-9,13,16H,10-12H2,1-5H3,(H,20,22). The highest BCUT2D eigenvalue weighted by Gasteiger charge is 2.30. The predicted octanol–water partition coefficient (Wildman–Crippen LogP) is 3.55. The second kappa shape index (κ2) is 7.24. The monoisotopic (exact) mass is 332 g/mol. The molecular weight excluding hydrogens is 304 g/mol. The van der Waals surface area contributed by atoms with Crippen LogP contribution in [-0.4, -0.2) is 41.6 Å². The Balaban J connectivity index is 1.88. The Morgan fingerprint density at radius 3 is 2.38 bits per heavy atom. The van der Waals surface area contributed by atoms with Crippen LogP contribution < -0.4 is 5.32 Å². The molecule has 2 rings (SSSR count). The van der Waals surface area contributed by atoms with E-state index in [2.05, 4.69) is 19.2 Å². The maximum atomic E-state index is 12.3. The molecule has 1 aliphatic heterocycles. The fourth-order valence-electron chi connectivity index (χ4n) is 2.66. The summed E-state index contributed by atoms with van der Waals surface area (Å²) < 4.78 is 5.37. The second-order valence-electron chi connectivity index (χ2n) is 7.66. The van der Waals surface area contributed by atoms with Crippen molar-refractivity contribution in [2.75, 3.05) is 13.1 Å². The highest BCUT2D eigenvalue weighted by Crippen LogP contribution is 2.17. The highest BCUT2D eigenvalue weighted by molar-refractivity contribution is 5.94. The van der Waals surface area contributed by atoms with Crippen molar-refractivity contribution in [1.82, 2.24) is 10.2 Å². The van der Waals surface area contributed by atoms with Gasteiger partial charge in [-0.15, -0.1) is 0 Å². The molecule has 0 aliphatic carbocycles. The number of carbonyl (C=O) groups excluding carboxylic acids is 2. The molecule has 0 aromatic heterocycles. The Hall–Kier alpha value is -2.04. The minimum Gasteiger partial charge on any atom is -0.444 e. The quantitative estimate of drug-likeness (QED) is 0.921. The Morgan fingerprint density at radius 2 is 1.83 bits per heavy atom. The van der Waals surface area contributed by atoms with Crippen molar-refractivity contribution in [3.63, 3.8) is 0 Å². The maximum absolute atomic E-state index is 12.3. The lowest BCUT2D eigenvalue weighted by Crippen LogP contribution is -2.40. The first-order valence-corrected chi connectivity index (χ1v) is 8.54. The van der Waals surface area contributed by atoms with Crippen molar-refractivity contribution < 1.29 is 14.3 Å². The summed E-state index contributed by atoms with van der Waals surface area (Å²) in [5.74, 6) is 0.348. The van der Waals surface area contributed by atoms with E-state index in [4.69, 9.17) is 4.74 Å². The summed E-state index contributed by atoms with van der Waals surface area (Å²) >= 11 is 0. The van der Waals surface area contributed by atoms with Gasteiger partial charge in [-0.1, -0.05) is 26.0 Å². The molecule has 1 heterocycles. The normalized spacial score (nSPS) is 17.9. The van der Waals surface area contributed by atoms with Gasteiger partial charge in [-0.05, 0) is 50.8 Å². The van der Waals surface area contributed by atoms with E-state index in [0.29, 0.717) is 24.6 Å². The van der Waals surface area contributed by atoms with E-state index in [1.165, 1.54) is 5.56 Å². The Labute approximate surface area is 144 Å². The summed E-state index contributed by atoms with van der Waals surface area (Å²) in [6, 6.07) is 7.65. The number of rotatable bonds is 3. The Morgan fingerprint density at radius 1 is 1.21 bits per heavy atom. The highest BCUT2D eigenvalue weighted by atomic mass is 16.6. The van der Waals surface area contributed by atoms with Crippen LogP contribution in [0.15, 0.2) is 24.3 Å². The van der Waals surface area contributed by atoms with E-state index in [1.54, 1.807) is 4.90 Å². The topological polar surface area (TPSA) is 58.6 Å². The summed E-state index contributed by atoms with van der Waals surface area (Å²) in [5.41, 5.74) is 1.36. The number of amides is 2. The number of ether oxygens (including phenoxy) is 1. The number of benzene rings is 1. The molecule has 0 bridgehead atoms. The van der Waals surface area contributed by atoms with Gasteiger partial charge >= 0.3 is 6.09 Å². The number of hydrogen-bond donors (Lipinski definition) is 1. The minimum absolute atomic E-state index is 0.0326. The fourth-order valence-corrected chi connectivity index (χ4v) is 2.66. The predicted molar refractivity (Wildman–Crippen MR) is 94.2 cm³/mol. The van der Waals surface area contributed by atoms with Crippen molar-refractivity contribution in [2.24, 2.45) is 0 Å². The van der Waals surface area contributed by atoms with E-state index in [9.17, 15) is 9.59 Å². The van der Waals surface area contributed by atoms with Crippen LogP contribution >= 0.6 is 0 Å². The average Bonchev–Trinajstić information content (AvgIpc) is 2.94. The first-order valence-electron chi connectivity index (χ1n) is 8.54. The third-order valence-electron chi connectivity index (χ3n) is 4.01. The first-order chi connectivity index (χ1) is 11.2. The number of hydrogen-bond acceptors (Lipinski definition) is 3. The minimum atomic E-state index is -0.503. The van der Waals surface area contributed by atoms with Crippen LogP contribution in [0.3, 0.4) is 0 Å². The lowest BCUT2D eigenvalue weighted by atomic mass is 10.0. The van der Waals surface area contributed by atoms with Gasteiger partial charge in [0.2, 0.25) is 0 Å². The van der Waals surface area contributed by atoms with Crippen molar-refractivity contribution in [2.45, 2.75) is 58.6 Å². The van der Waals surface area contributed by atoms with Gasteiger partial charge in [0.25, 0.3) is 5.91 Å². The number of nitrogens with zero attached hydrogens (tertiary/aromatic N) is 1. The molecule has 0 saturated carbocycles. The zero-order valence-corrected chi connectivity index (χ0v) is 15.3. The lowest BCUT2D eigenvalue weighted by Gasteiger charge is -2.24. The molecule has 1 atom stereocenters. The molecule has 1 unspecified atom stereocenters. The van der Waals surface area contributed by atoms with Crippen molar-refractivity contribution in [1.29, 1.82) is 0 Å². The number of carbonyl (C=O) groups is 2. The smallest absolute Gasteiger partial charge is 0.410 e. The van der Waals surface area contributed by atoms with Crippen molar-refractivity contribution >= 4 is 12.0 Å². The molecule has 1 fully saturated rings. The summed E-state index contributed by atoms with van der Waals surface area (Å²) in [5, 5.41) is 3.00. The first kappa shape index (κ1) is 18.3. The van der Waals surface area contributed by atoms with Gasteiger partial charge in [-0.3, -0.25) is 4.79 Å². The SMILES string of the molecule is CC(C)c1ccc(C(=O)NC2CCN(C(=O)OC(C)(C)C)C2)cc1. The molecule has 0 radical (unpaired) electrons. The average molecular weight is 332 g/mol. The summed E-state index contributed by atoms with van der Waals surface area (Å²) in [4.78, 5) is 26.0. The largest absolute Gasteiger partial charge is 0.444 e. The van der Waals surface area contributed by atoms with Gasteiger partial charge in [-0.2, -0.15) is 0 Å². The molecule has 5 nitrogen and oxygen atoms in total. The molecule has 1 saturated heterocycles. The van der Waals surface area contributed by atoms with Crippen LogP contribution in [0.1, 0.15) is 62.9 Å². The van der Waals surface area contributed by atoms with Gasteiger partial charge in [-0.25, -0.2) is 4.79 Å². The second-order valence-corrected chi connectivity index (χ2v) is 7.66. The van der Waals surface area contributed by atoms with Crippen LogP contribution in [0.2, 0.25) is 0 Å². The number of nitrogens with one attached hydrogen (secondary N) is 1. The van der Waals surface area contributed by atoms with Crippen molar-refractivity contribution in [3.8, 4) is 0 Å². The van der Waals surface area contributed by atoms with Crippen LogP contribution in [0.4, 0.5) is 4.79 Å². The van der Waals surface area contributed by atoms with Gasteiger partial charge in [0.1, 0.15) is 5.60 Å². The molecular formula is C19H28N2O3. The summed E-state index contributed by atoms with van der Waals surface area (Å²) in [7, 11) is 0. The van der Waals surface area contributed by atoms with E-state index in [0.717, 1.165) is 6.42 Å². The number of likely N-dealkylation sites (tertiary alicyclic amines) is 1. The van der Waals surface area contributed by atoms with E-state index in [1.807, 2.05) is 45.0 Å². The zero-order valence-electron chi connectivity index (χ0n) is 15.3. The molecule has 1 N–H and O–H groups in total. The van der Waals surface area contributed by atoms with Crippen LogP contribution in [0, 0.1) is 0 Å². The fraction of sp³-hybridized carbons (Fsp3) is 0.579. The Bertz CT molecular complexity index is 588. The third kappa shape index (κ3) is 4.98. The van der Waals surface area contributed by atoms with Crippen LogP contribution in [-0.2, 0) is 4.74 Å². The van der Waals surface area contributed by atoms with Gasteiger partial charge in [0, 0.05) is 24.7 Å². The van der Waals surface area contributed by atoms with Gasteiger partial charge < -0.3 is 15.0 Å². The molecule has 1 aromatic carbocycles. The zero-order chi connectivity index (χ0) is 17.9. The maximum Gasteiger partial charge on any atom is 0.410 e. The van der Waals surface area contributed by atoms with E-state index in [-0.39, 0.29) is 18.0 Å². The van der Waals surface area contributed by atoms with Gasteiger partial charge in [0.15, 0.2) is 0 Å². The summed E-state index contributed by atoms with van der Waals surface area (Å²) in [6.45, 7) is 10.9. The van der Waals surface area contributed by atoms with Gasteiger partial charge in [0.05, 0.1) is 0 Å². The summed E-state index contributed by atoms with van der Waals surface area (Å²) in [6.07, 6.45) is 0.426. The molecule has 0 spiro atoms. The third-order valence-corrected chi connectivity index (χ3v) is 4.01. The van der Waals surface area contributed by atoms with Crippen molar-refractivity contribution in [3.05, 3.63) is 35.4 Å². The molecule has 132 valence electrons.